The molecule has 0 atom stereocenters. The summed E-state index contributed by atoms with van der Waals surface area (Å²) in [6.07, 6.45) is 1.46. The van der Waals surface area contributed by atoms with E-state index in [0.717, 1.165) is 5.56 Å². The number of benzene rings is 1. The molecule has 21 heavy (non-hydrogen) atoms. The minimum Gasteiger partial charge on any atom is -0.462 e. The van der Waals surface area contributed by atoms with Crippen LogP contribution >= 0.6 is 0 Å². The maximum Gasteiger partial charge on any atom is 0.340 e. The Hall–Kier alpha value is -2.56. The Morgan fingerprint density at radius 3 is 2.90 bits per heavy atom. The molecule has 0 fully saturated rings. The van der Waals surface area contributed by atoms with Gasteiger partial charge in [0.2, 0.25) is 0 Å². The second-order valence-corrected chi connectivity index (χ2v) is 4.72. The molecule has 1 aromatic carbocycles. The Kier molecular flexibility index (Phi) is 4.77. The molecular weight excluding hydrogens is 266 g/mol. The van der Waals surface area contributed by atoms with E-state index in [1.54, 1.807) is 13.0 Å². The molecule has 0 spiro atoms. The molecule has 0 saturated heterocycles. The number of hydrogen-bond donors (Lipinski definition) is 2. The third kappa shape index (κ3) is 3.95. The average molecular weight is 285 g/mol. The molecule has 3 N–H and O–H groups in total. The first-order chi connectivity index (χ1) is 10.1. The van der Waals surface area contributed by atoms with Crippen molar-refractivity contribution in [1.29, 1.82) is 0 Å². The van der Waals surface area contributed by atoms with Crippen molar-refractivity contribution in [3.8, 4) is 0 Å². The van der Waals surface area contributed by atoms with Crippen LogP contribution in [0.2, 0.25) is 0 Å². The van der Waals surface area contributed by atoms with Crippen LogP contribution in [0.25, 0.3) is 0 Å². The predicted octanol–water partition coefficient (Wildman–Crippen LogP) is 2.76. The van der Waals surface area contributed by atoms with Crippen molar-refractivity contribution in [2.24, 2.45) is 0 Å². The van der Waals surface area contributed by atoms with Crippen molar-refractivity contribution in [2.45, 2.75) is 20.4 Å². The van der Waals surface area contributed by atoms with Crippen LogP contribution in [0.1, 0.15) is 28.4 Å². The van der Waals surface area contributed by atoms with E-state index in [-0.39, 0.29) is 0 Å². The first-order valence-electron chi connectivity index (χ1n) is 6.82. The smallest absolute Gasteiger partial charge is 0.340 e. The first-order valence-corrected chi connectivity index (χ1v) is 6.82. The normalized spacial score (nSPS) is 10.2. The van der Waals surface area contributed by atoms with Gasteiger partial charge in [0, 0.05) is 6.54 Å². The molecule has 1 heterocycles. The number of aryl methyl sites for hydroxylation is 1. The number of aromatic nitrogens is 1. The van der Waals surface area contributed by atoms with Crippen molar-refractivity contribution in [1.82, 2.24) is 4.98 Å². The number of nitrogens with one attached hydrogen (secondary N) is 1. The Balaban J connectivity index is 2.10. The molecule has 0 saturated carbocycles. The van der Waals surface area contributed by atoms with E-state index >= 15 is 0 Å². The van der Waals surface area contributed by atoms with Crippen LogP contribution in [0.5, 0.6) is 0 Å². The lowest BCUT2D eigenvalue weighted by atomic mass is 10.1. The molecule has 0 radical (unpaired) electrons. The molecule has 0 aliphatic rings. The maximum absolute atomic E-state index is 11.8. The second-order valence-electron chi connectivity index (χ2n) is 4.72. The molecular formula is C16H19N3O2. The van der Waals surface area contributed by atoms with Crippen molar-refractivity contribution in [2.75, 3.05) is 17.7 Å². The van der Waals surface area contributed by atoms with Crippen LogP contribution < -0.4 is 11.1 Å². The fourth-order valence-electron chi connectivity index (χ4n) is 1.96. The zero-order valence-electron chi connectivity index (χ0n) is 12.2. The topological polar surface area (TPSA) is 77.2 Å². The van der Waals surface area contributed by atoms with Gasteiger partial charge in [0.1, 0.15) is 5.82 Å². The number of nitrogens with two attached hydrogens (primary N) is 1. The zero-order chi connectivity index (χ0) is 15.2. The highest BCUT2D eigenvalue weighted by Crippen LogP contribution is 2.17. The van der Waals surface area contributed by atoms with E-state index in [2.05, 4.69) is 16.4 Å². The van der Waals surface area contributed by atoms with Crippen molar-refractivity contribution in [3.05, 3.63) is 53.2 Å². The lowest BCUT2D eigenvalue weighted by Crippen LogP contribution is -2.10. The summed E-state index contributed by atoms with van der Waals surface area (Å²) in [5, 5.41) is 3.18. The molecule has 0 aliphatic heterocycles. The van der Waals surface area contributed by atoms with Crippen LogP contribution in [-0.4, -0.2) is 17.6 Å². The maximum atomic E-state index is 11.8. The predicted molar refractivity (Wildman–Crippen MR) is 83.1 cm³/mol. The van der Waals surface area contributed by atoms with Gasteiger partial charge >= 0.3 is 5.97 Å². The molecule has 5 heteroatoms. The summed E-state index contributed by atoms with van der Waals surface area (Å²) in [5.74, 6) is 0.157. The summed E-state index contributed by atoms with van der Waals surface area (Å²) in [4.78, 5) is 16.0. The van der Waals surface area contributed by atoms with E-state index in [4.69, 9.17) is 10.5 Å². The molecule has 0 amide bonds. The third-order valence-corrected chi connectivity index (χ3v) is 2.99. The molecule has 1 aromatic heterocycles. The number of nitrogen functional groups attached to an aromatic ring is 1. The fourth-order valence-corrected chi connectivity index (χ4v) is 1.96. The SMILES string of the molecule is CCOC(=O)c1cc(NCc2cccc(C)c2)ncc1N. The summed E-state index contributed by atoms with van der Waals surface area (Å²) in [5.41, 5.74) is 8.75. The Bertz CT molecular complexity index is 641. The van der Waals surface area contributed by atoms with Gasteiger partial charge in [-0.3, -0.25) is 0 Å². The van der Waals surface area contributed by atoms with E-state index < -0.39 is 5.97 Å². The minimum absolute atomic E-state index is 0.312. The number of rotatable bonds is 5. The number of esters is 1. The monoisotopic (exact) mass is 285 g/mol. The molecule has 0 unspecified atom stereocenters. The summed E-state index contributed by atoms with van der Waals surface area (Å²) in [7, 11) is 0. The lowest BCUT2D eigenvalue weighted by molar-refractivity contribution is 0.0527. The number of carbonyl (C=O) groups is 1. The summed E-state index contributed by atoms with van der Waals surface area (Å²) >= 11 is 0. The number of pyridine rings is 1. The van der Waals surface area contributed by atoms with Crippen LogP contribution in [0.4, 0.5) is 11.5 Å². The quantitative estimate of drug-likeness (QED) is 0.826. The highest BCUT2D eigenvalue weighted by atomic mass is 16.5. The zero-order valence-corrected chi connectivity index (χ0v) is 12.2. The van der Waals surface area contributed by atoms with Crippen LogP contribution in [0, 0.1) is 6.92 Å². The van der Waals surface area contributed by atoms with Crippen LogP contribution in [-0.2, 0) is 11.3 Å². The Morgan fingerprint density at radius 2 is 2.19 bits per heavy atom. The molecule has 5 nitrogen and oxygen atoms in total. The van der Waals surface area contributed by atoms with E-state index in [9.17, 15) is 4.79 Å². The fraction of sp³-hybridized carbons (Fsp3) is 0.250. The van der Waals surface area contributed by atoms with Gasteiger partial charge < -0.3 is 15.8 Å². The number of nitrogens with zero attached hydrogens (tertiary/aromatic N) is 1. The first kappa shape index (κ1) is 14.8. The van der Waals surface area contributed by atoms with Gasteiger partial charge in [-0.1, -0.05) is 29.8 Å². The van der Waals surface area contributed by atoms with Crippen molar-refractivity contribution in [3.63, 3.8) is 0 Å². The van der Waals surface area contributed by atoms with E-state index in [1.165, 1.54) is 11.8 Å². The molecule has 0 bridgehead atoms. The average Bonchev–Trinajstić information content (AvgIpc) is 2.46. The van der Waals surface area contributed by atoms with Crippen molar-refractivity contribution >= 4 is 17.5 Å². The van der Waals surface area contributed by atoms with Crippen LogP contribution in [0.3, 0.4) is 0 Å². The standard InChI is InChI=1S/C16H19N3O2/c1-3-21-16(20)13-8-15(19-10-14(13)17)18-9-12-6-4-5-11(2)7-12/h4-8,10H,3,9,17H2,1-2H3,(H,18,19). The Morgan fingerprint density at radius 1 is 1.38 bits per heavy atom. The molecule has 110 valence electrons. The summed E-state index contributed by atoms with van der Waals surface area (Å²) in [6, 6.07) is 9.79. The van der Waals surface area contributed by atoms with Gasteiger partial charge in [-0.25, -0.2) is 9.78 Å². The largest absolute Gasteiger partial charge is 0.462 e. The van der Waals surface area contributed by atoms with Crippen LogP contribution in [0.15, 0.2) is 36.5 Å². The Labute approximate surface area is 124 Å². The molecule has 2 aromatic rings. The second kappa shape index (κ2) is 6.74. The highest BCUT2D eigenvalue weighted by molar-refractivity contribution is 5.95. The van der Waals surface area contributed by atoms with Gasteiger partial charge in [0.15, 0.2) is 0 Å². The molecule has 0 aliphatic carbocycles. The summed E-state index contributed by atoms with van der Waals surface area (Å²) in [6.45, 7) is 4.74. The van der Waals surface area contributed by atoms with Gasteiger partial charge in [0.25, 0.3) is 0 Å². The highest BCUT2D eigenvalue weighted by Gasteiger charge is 2.12. The number of hydrogen-bond acceptors (Lipinski definition) is 5. The van der Waals surface area contributed by atoms with Gasteiger partial charge in [-0.15, -0.1) is 0 Å². The third-order valence-electron chi connectivity index (χ3n) is 2.99. The molecule has 2 rings (SSSR count). The summed E-state index contributed by atoms with van der Waals surface area (Å²) < 4.78 is 4.97. The van der Waals surface area contributed by atoms with Crippen molar-refractivity contribution < 1.29 is 9.53 Å². The van der Waals surface area contributed by atoms with Gasteiger partial charge in [0.05, 0.1) is 24.1 Å². The minimum atomic E-state index is -0.434. The van der Waals surface area contributed by atoms with Gasteiger partial charge in [-0.05, 0) is 25.5 Å². The van der Waals surface area contributed by atoms with E-state index in [0.29, 0.717) is 30.2 Å². The lowest BCUT2D eigenvalue weighted by Gasteiger charge is -2.09. The van der Waals surface area contributed by atoms with E-state index in [1.807, 2.05) is 25.1 Å². The number of ether oxygens (including phenoxy) is 1. The number of anilines is 2. The number of carbonyl (C=O) groups excluding carboxylic acids is 1. The van der Waals surface area contributed by atoms with Gasteiger partial charge in [-0.2, -0.15) is 0 Å².